The van der Waals surface area contributed by atoms with Crippen molar-refractivity contribution in [1.82, 2.24) is 5.43 Å². The predicted molar refractivity (Wildman–Crippen MR) is 80.5 cm³/mol. The molecule has 1 aromatic carbocycles. The standard InChI is InChI=1S/C15H19N3O2/c1-10(2)20-15-13(14(19)16-17-15)9-11-5-7-12(8-6-11)18(3)4/h5-10H,1-4H3,(H,16,19). The van der Waals surface area contributed by atoms with Crippen molar-refractivity contribution in [1.29, 1.82) is 0 Å². The molecule has 1 aromatic rings. The first kappa shape index (κ1) is 14.1. The van der Waals surface area contributed by atoms with Crippen molar-refractivity contribution in [2.24, 2.45) is 5.10 Å². The maximum absolute atomic E-state index is 11.8. The topological polar surface area (TPSA) is 53.9 Å². The molecule has 1 amide bonds. The summed E-state index contributed by atoms with van der Waals surface area (Å²) >= 11 is 0. The van der Waals surface area contributed by atoms with Gasteiger partial charge in [-0.05, 0) is 37.6 Å². The van der Waals surface area contributed by atoms with E-state index in [1.807, 2.05) is 57.1 Å². The van der Waals surface area contributed by atoms with Crippen molar-refractivity contribution in [3.05, 3.63) is 35.4 Å². The Labute approximate surface area is 118 Å². The minimum atomic E-state index is -0.239. The summed E-state index contributed by atoms with van der Waals surface area (Å²) < 4.78 is 5.52. The minimum Gasteiger partial charge on any atom is -0.473 e. The van der Waals surface area contributed by atoms with Crippen molar-refractivity contribution in [2.45, 2.75) is 20.0 Å². The van der Waals surface area contributed by atoms with E-state index in [1.54, 1.807) is 6.08 Å². The van der Waals surface area contributed by atoms with Crippen molar-refractivity contribution >= 4 is 23.6 Å². The molecule has 20 heavy (non-hydrogen) atoms. The second kappa shape index (κ2) is 5.77. The van der Waals surface area contributed by atoms with Gasteiger partial charge in [-0.2, -0.15) is 0 Å². The van der Waals surface area contributed by atoms with E-state index in [4.69, 9.17) is 4.74 Å². The molecule has 0 spiro atoms. The Morgan fingerprint density at radius 3 is 2.45 bits per heavy atom. The fourth-order valence-electron chi connectivity index (χ4n) is 1.79. The van der Waals surface area contributed by atoms with Crippen LogP contribution in [0.4, 0.5) is 5.69 Å². The largest absolute Gasteiger partial charge is 0.473 e. The SMILES string of the molecule is CC(C)OC1=NNC(=O)C1=Cc1ccc(N(C)C)cc1. The van der Waals surface area contributed by atoms with Crippen LogP contribution in [0.15, 0.2) is 34.9 Å². The molecule has 1 N–H and O–H groups in total. The highest BCUT2D eigenvalue weighted by atomic mass is 16.5. The number of hydrogen-bond donors (Lipinski definition) is 1. The minimum absolute atomic E-state index is 0.0269. The first-order valence-electron chi connectivity index (χ1n) is 6.51. The van der Waals surface area contributed by atoms with Gasteiger partial charge in [0.1, 0.15) is 5.57 Å². The van der Waals surface area contributed by atoms with Crippen LogP contribution in [-0.2, 0) is 9.53 Å². The summed E-state index contributed by atoms with van der Waals surface area (Å²) in [5.41, 5.74) is 4.92. The lowest BCUT2D eigenvalue weighted by atomic mass is 10.1. The van der Waals surface area contributed by atoms with Gasteiger partial charge in [0.25, 0.3) is 5.91 Å². The molecule has 0 saturated heterocycles. The van der Waals surface area contributed by atoms with Crippen LogP contribution in [0.1, 0.15) is 19.4 Å². The number of benzene rings is 1. The summed E-state index contributed by atoms with van der Waals surface area (Å²) in [6.45, 7) is 3.80. The van der Waals surface area contributed by atoms with Gasteiger partial charge in [-0.1, -0.05) is 12.1 Å². The van der Waals surface area contributed by atoms with E-state index in [-0.39, 0.29) is 12.0 Å². The molecule has 0 bridgehead atoms. The van der Waals surface area contributed by atoms with Gasteiger partial charge in [-0.3, -0.25) is 4.79 Å². The number of anilines is 1. The number of nitrogens with zero attached hydrogens (tertiary/aromatic N) is 2. The van der Waals surface area contributed by atoms with Gasteiger partial charge in [0, 0.05) is 19.8 Å². The summed E-state index contributed by atoms with van der Waals surface area (Å²) in [6, 6.07) is 7.92. The molecule has 0 atom stereocenters. The predicted octanol–water partition coefficient (Wildman–Crippen LogP) is 2.00. The second-order valence-electron chi connectivity index (χ2n) is 5.07. The molecule has 5 nitrogen and oxygen atoms in total. The summed E-state index contributed by atoms with van der Waals surface area (Å²) in [5.74, 6) is 0.110. The number of hydrogen-bond acceptors (Lipinski definition) is 4. The van der Waals surface area contributed by atoms with Crippen LogP contribution >= 0.6 is 0 Å². The monoisotopic (exact) mass is 273 g/mol. The molecule has 1 aliphatic heterocycles. The normalized spacial score (nSPS) is 16.4. The summed E-state index contributed by atoms with van der Waals surface area (Å²) in [7, 11) is 3.97. The maximum Gasteiger partial charge on any atom is 0.277 e. The number of ether oxygens (including phenoxy) is 1. The van der Waals surface area contributed by atoms with Crippen LogP contribution in [0.3, 0.4) is 0 Å². The lowest BCUT2D eigenvalue weighted by Crippen LogP contribution is -2.16. The van der Waals surface area contributed by atoms with Gasteiger partial charge >= 0.3 is 0 Å². The van der Waals surface area contributed by atoms with Crippen molar-refractivity contribution in [3.8, 4) is 0 Å². The maximum atomic E-state index is 11.8. The number of hydrazone groups is 1. The van der Waals surface area contributed by atoms with Gasteiger partial charge in [-0.25, -0.2) is 5.43 Å². The number of carbonyl (C=O) groups is 1. The van der Waals surface area contributed by atoms with E-state index in [0.29, 0.717) is 11.5 Å². The van der Waals surface area contributed by atoms with E-state index in [9.17, 15) is 4.79 Å². The van der Waals surface area contributed by atoms with Crippen LogP contribution < -0.4 is 10.3 Å². The molecule has 0 radical (unpaired) electrons. The molecule has 106 valence electrons. The van der Waals surface area contributed by atoms with Gasteiger partial charge in [0.05, 0.1) is 6.10 Å². The Kier molecular flexibility index (Phi) is 4.08. The first-order valence-corrected chi connectivity index (χ1v) is 6.51. The highest BCUT2D eigenvalue weighted by Crippen LogP contribution is 2.17. The summed E-state index contributed by atoms with van der Waals surface area (Å²) in [4.78, 5) is 13.8. The van der Waals surface area contributed by atoms with E-state index in [2.05, 4.69) is 10.5 Å². The lowest BCUT2D eigenvalue weighted by molar-refractivity contribution is -0.116. The average molecular weight is 273 g/mol. The van der Waals surface area contributed by atoms with Crippen LogP contribution in [0, 0.1) is 0 Å². The first-order chi connectivity index (χ1) is 9.47. The quantitative estimate of drug-likeness (QED) is 0.857. The van der Waals surface area contributed by atoms with E-state index in [1.165, 1.54) is 0 Å². The Morgan fingerprint density at radius 1 is 1.25 bits per heavy atom. The molecule has 0 aromatic heterocycles. The molecular weight excluding hydrogens is 254 g/mol. The lowest BCUT2D eigenvalue weighted by Gasteiger charge is -2.12. The van der Waals surface area contributed by atoms with Gasteiger partial charge in [0.15, 0.2) is 0 Å². The Balaban J connectivity index is 2.24. The molecule has 5 heteroatoms. The Hall–Kier alpha value is -2.30. The second-order valence-corrected chi connectivity index (χ2v) is 5.07. The third kappa shape index (κ3) is 3.17. The zero-order valence-corrected chi connectivity index (χ0v) is 12.2. The van der Waals surface area contributed by atoms with Gasteiger partial charge in [0.2, 0.25) is 5.90 Å². The van der Waals surface area contributed by atoms with Crippen LogP contribution in [0.2, 0.25) is 0 Å². The van der Waals surface area contributed by atoms with Gasteiger partial charge < -0.3 is 9.64 Å². The summed E-state index contributed by atoms with van der Waals surface area (Å²) in [5, 5.41) is 3.90. The van der Waals surface area contributed by atoms with Crippen LogP contribution in [-0.4, -0.2) is 32.0 Å². The Morgan fingerprint density at radius 2 is 1.90 bits per heavy atom. The Bertz CT molecular complexity index is 557. The van der Waals surface area contributed by atoms with Crippen molar-refractivity contribution < 1.29 is 9.53 Å². The smallest absolute Gasteiger partial charge is 0.277 e. The van der Waals surface area contributed by atoms with Crippen LogP contribution in [0.5, 0.6) is 0 Å². The van der Waals surface area contributed by atoms with E-state index >= 15 is 0 Å². The molecule has 0 fully saturated rings. The molecular formula is C15H19N3O2. The third-order valence-electron chi connectivity index (χ3n) is 2.80. The van der Waals surface area contributed by atoms with E-state index < -0.39 is 0 Å². The van der Waals surface area contributed by atoms with Crippen molar-refractivity contribution in [3.63, 3.8) is 0 Å². The fraction of sp³-hybridized carbons (Fsp3) is 0.333. The van der Waals surface area contributed by atoms with Crippen molar-refractivity contribution in [2.75, 3.05) is 19.0 Å². The third-order valence-corrected chi connectivity index (χ3v) is 2.80. The zero-order valence-electron chi connectivity index (χ0n) is 12.2. The molecule has 1 heterocycles. The van der Waals surface area contributed by atoms with Gasteiger partial charge in [-0.15, -0.1) is 5.10 Å². The molecule has 1 aliphatic rings. The highest BCUT2D eigenvalue weighted by molar-refractivity contribution is 6.24. The molecule has 2 rings (SSSR count). The number of rotatable bonds is 3. The number of nitrogens with one attached hydrogen (secondary N) is 1. The zero-order chi connectivity index (χ0) is 14.7. The molecule has 0 aliphatic carbocycles. The number of carbonyl (C=O) groups excluding carboxylic acids is 1. The number of amides is 1. The fourth-order valence-corrected chi connectivity index (χ4v) is 1.79. The van der Waals surface area contributed by atoms with Crippen LogP contribution in [0.25, 0.3) is 6.08 Å². The van der Waals surface area contributed by atoms with E-state index in [0.717, 1.165) is 11.3 Å². The average Bonchev–Trinajstić information content (AvgIpc) is 2.71. The highest BCUT2D eigenvalue weighted by Gasteiger charge is 2.24. The molecule has 0 saturated carbocycles. The summed E-state index contributed by atoms with van der Waals surface area (Å²) in [6.07, 6.45) is 1.75. The molecule has 0 unspecified atom stereocenters.